The molecule has 0 aromatic heterocycles. The summed E-state index contributed by atoms with van der Waals surface area (Å²) in [5, 5.41) is 11.1. The molecule has 19 heavy (non-hydrogen) atoms. The van der Waals surface area contributed by atoms with Gasteiger partial charge >= 0.3 is 29.6 Å². The van der Waals surface area contributed by atoms with Crippen LogP contribution in [-0.2, 0) is 9.15 Å². The zero-order valence-electron chi connectivity index (χ0n) is 10.2. The third-order valence-electron chi connectivity index (χ3n) is 2.18. The van der Waals surface area contributed by atoms with Crippen molar-refractivity contribution in [1.29, 1.82) is 0 Å². The third-order valence-corrected chi connectivity index (χ3v) is 4.62. The molecule has 1 aromatic rings. The standard InChI is InChI=1S/C9H10ClNO5S2.Na/c1-6(5-17-18(14,15)16)8-3-2-7(10)4-9(8)11(12)13;/h2-4,6H,5H2,1H3,(H,14,15,16);/q;+1/p-1. The van der Waals surface area contributed by atoms with E-state index in [1.807, 2.05) is 0 Å². The van der Waals surface area contributed by atoms with Crippen LogP contribution in [0.5, 0.6) is 0 Å². The fraction of sp³-hybridized carbons (Fsp3) is 0.333. The Bertz CT molecular complexity index is 566. The molecule has 1 rings (SSSR count). The Morgan fingerprint density at radius 1 is 1.47 bits per heavy atom. The first kappa shape index (κ1) is 19.2. The van der Waals surface area contributed by atoms with Crippen LogP contribution in [0.2, 0.25) is 5.02 Å². The van der Waals surface area contributed by atoms with E-state index in [4.69, 9.17) is 11.6 Å². The second kappa shape index (κ2) is 7.82. The molecule has 10 heteroatoms. The van der Waals surface area contributed by atoms with E-state index in [1.54, 1.807) is 6.92 Å². The van der Waals surface area contributed by atoms with Crippen LogP contribution in [-0.4, -0.2) is 23.6 Å². The average molecular weight is 334 g/mol. The van der Waals surface area contributed by atoms with Crippen molar-refractivity contribution in [3.8, 4) is 0 Å². The molecule has 0 saturated carbocycles. The van der Waals surface area contributed by atoms with Gasteiger partial charge in [-0.05, 0) is 22.8 Å². The minimum absolute atomic E-state index is 0. The van der Waals surface area contributed by atoms with Gasteiger partial charge < -0.3 is 4.55 Å². The normalized spacial score (nSPS) is 12.6. The van der Waals surface area contributed by atoms with E-state index in [2.05, 4.69) is 0 Å². The van der Waals surface area contributed by atoms with Crippen molar-refractivity contribution >= 4 is 37.2 Å². The molecule has 0 aliphatic heterocycles. The molecule has 0 spiro atoms. The van der Waals surface area contributed by atoms with Crippen LogP contribution < -0.4 is 29.6 Å². The number of hydrogen-bond acceptors (Lipinski definition) is 6. The zero-order valence-corrected chi connectivity index (χ0v) is 14.6. The van der Waals surface area contributed by atoms with Gasteiger partial charge in [0, 0.05) is 22.4 Å². The summed E-state index contributed by atoms with van der Waals surface area (Å²) in [6, 6.07) is 4.14. The summed E-state index contributed by atoms with van der Waals surface area (Å²) < 4.78 is 31.5. The summed E-state index contributed by atoms with van der Waals surface area (Å²) in [5.74, 6) is -0.495. The molecule has 0 aliphatic rings. The molecule has 0 radical (unpaired) electrons. The Balaban J connectivity index is 0.00000324. The molecule has 0 fully saturated rings. The first-order chi connectivity index (χ1) is 8.20. The van der Waals surface area contributed by atoms with Gasteiger partial charge in [-0.15, -0.1) is 0 Å². The van der Waals surface area contributed by atoms with Crippen molar-refractivity contribution in [2.75, 3.05) is 5.75 Å². The van der Waals surface area contributed by atoms with Gasteiger partial charge in [-0.25, -0.2) is 8.42 Å². The summed E-state index contributed by atoms with van der Waals surface area (Å²) in [6.45, 7) is 1.61. The van der Waals surface area contributed by atoms with Gasteiger partial charge in [0.2, 0.25) is 0 Å². The van der Waals surface area contributed by atoms with E-state index >= 15 is 0 Å². The minimum atomic E-state index is -4.40. The quantitative estimate of drug-likeness (QED) is 0.238. The SMILES string of the molecule is CC(CSS(=O)(=O)[O-])c1ccc(Cl)cc1[N+](=O)[O-].[Na+]. The van der Waals surface area contributed by atoms with Gasteiger partial charge in [0.05, 0.1) is 4.92 Å². The van der Waals surface area contributed by atoms with Gasteiger partial charge in [-0.3, -0.25) is 10.1 Å². The van der Waals surface area contributed by atoms with E-state index in [0.29, 0.717) is 5.56 Å². The van der Waals surface area contributed by atoms with E-state index < -0.39 is 20.0 Å². The van der Waals surface area contributed by atoms with Gasteiger partial charge in [0.15, 0.2) is 0 Å². The molecule has 6 nitrogen and oxygen atoms in total. The van der Waals surface area contributed by atoms with Crippen LogP contribution in [0.4, 0.5) is 5.69 Å². The topological polar surface area (TPSA) is 100 Å². The van der Waals surface area contributed by atoms with Crippen molar-refractivity contribution in [2.45, 2.75) is 12.8 Å². The molecule has 0 heterocycles. The summed E-state index contributed by atoms with van der Waals surface area (Å²) in [4.78, 5) is 10.3. The van der Waals surface area contributed by atoms with Crippen molar-refractivity contribution in [2.24, 2.45) is 0 Å². The smallest absolute Gasteiger partial charge is 0.739 e. The van der Waals surface area contributed by atoms with Crippen LogP contribution in [0.15, 0.2) is 18.2 Å². The predicted molar refractivity (Wildman–Crippen MR) is 68.7 cm³/mol. The molecule has 0 amide bonds. The molecule has 0 aliphatic carbocycles. The summed E-state index contributed by atoms with van der Waals surface area (Å²) >= 11 is 5.66. The number of nitro groups is 1. The van der Waals surface area contributed by atoms with Crippen LogP contribution in [0.3, 0.4) is 0 Å². The van der Waals surface area contributed by atoms with Crippen molar-refractivity contribution in [3.05, 3.63) is 38.9 Å². The molecule has 100 valence electrons. The Kier molecular flexibility index (Phi) is 7.89. The van der Waals surface area contributed by atoms with Gasteiger partial charge in [-0.1, -0.05) is 24.6 Å². The number of benzene rings is 1. The van der Waals surface area contributed by atoms with Gasteiger partial charge in [0.25, 0.3) is 5.69 Å². The molecule has 1 atom stereocenters. The van der Waals surface area contributed by atoms with Crippen molar-refractivity contribution in [3.63, 3.8) is 0 Å². The number of nitro benzene ring substituents is 1. The Morgan fingerprint density at radius 3 is 2.53 bits per heavy atom. The van der Waals surface area contributed by atoms with E-state index in [0.717, 1.165) is 0 Å². The summed E-state index contributed by atoms with van der Waals surface area (Å²) in [7, 11) is -4.18. The largest absolute Gasteiger partial charge is 1.00 e. The molecule has 1 aromatic carbocycles. The number of halogens is 1. The second-order valence-electron chi connectivity index (χ2n) is 3.55. The van der Waals surface area contributed by atoms with Crippen molar-refractivity contribution < 1.29 is 47.5 Å². The third kappa shape index (κ3) is 6.44. The molecular formula is C9H9ClNNaO5S2. The maximum atomic E-state index is 10.8. The Hall–Kier alpha value is 0.170. The van der Waals surface area contributed by atoms with Gasteiger partial charge in [-0.2, -0.15) is 0 Å². The van der Waals surface area contributed by atoms with Crippen LogP contribution in [0.1, 0.15) is 18.4 Å². The second-order valence-corrected chi connectivity index (χ2v) is 7.31. The minimum Gasteiger partial charge on any atom is -0.739 e. The fourth-order valence-corrected chi connectivity index (χ4v) is 3.20. The molecule has 0 saturated heterocycles. The predicted octanol–water partition coefficient (Wildman–Crippen LogP) is -0.451. The van der Waals surface area contributed by atoms with Crippen molar-refractivity contribution in [1.82, 2.24) is 0 Å². The first-order valence-corrected chi connectivity index (χ1v) is 8.03. The van der Waals surface area contributed by atoms with Crippen LogP contribution in [0, 0.1) is 10.1 Å². The number of rotatable bonds is 5. The number of nitrogens with zero attached hydrogens (tertiary/aromatic N) is 1. The fourth-order valence-electron chi connectivity index (χ4n) is 1.37. The zero-order chi connectivity index (χ0) is 13.9. The average Bonchev–Trinajstić information content (AvgIpc) is 2.24. The molecule has 0 bridgehead atoms. The first-order valence-electron chi connectivity index (χ1n) is 4.75. The maximum absolute atomic E-state index is 10.8. The molecule has 0 N–H and O–H groups in total. The molecular weight excluding hydrogens is 325 g/mol. The van der Waals surface area contributed by atoms with E-state index in [-0.39, 0.29) is 56.8 Å². The van der Waals surface area contributed by atoms with E-state index in [1.165, 1.54) is 18.2 Å². The summed E-state index contributed by atoms with van der Waals surface area (Å²) in [6.07, 6.45) is 0. The van der Waals surface area contributed by atoms with Gasteiger partial charge in [0.1, 0.15) is 9.15 Å². The van der Waals surface area contributed by atoms with Crippen LogP contribution in [0.25, 0.3) is 0 Å². The molecule has 1 unspecified atom stereocenters. The summed E-state index contributed by atoms with van der Waals surface area (Å²) in [5.41, 5.74) is 0.166. The van der Waals surface area contributed by atoms with E-state index in [9.17, 15) is 23.1 Å². The maximum Gasteiger partial charge on any atom is 1.00 e. The van der Waals surface area contributed by atoms with Crippen LogP contribution >= 0.6 is 22.4 Å². The monoisotopic (exact) mass is 333 g/mol. The Morgan fingerprint density at radius 2 is 2.05 bits per heavy atom. The Labute approximate surface area is 141 Å². The number of hydrogen-bond donors (Lipinski definition) is 0.